The number of hydrogen-bond donors (Lipinski definition) is 1. The molecule has 13 heavy (non-hydrogen) atoms. The van der Waals surface area contributed by atoms with Crippen LogP contribution in [0.4, 0.5) is 17.6 Å². The molecule has 0 aromatic carbocycles. The average Bonchev–Trinajstić information content (AvgIpc) is 1.98. The Morgan fingerprint density at radius 3 is 2.15 bits per heavy atom. The molecule has 0 bridgehead atoms. The molecular formula is C7H8F4O2. The standard InChI is InChI=1S/C7H8F4O2/c1-3(5(12)13)4-2-6(8,9)7(4,10)11/h3-4H,2H2,1H3,(H,12,13)/t3-,4?/m0/s1. The highest BCUT2D eigenvalue weighted by molar-refractivity contribution is 5.70. The number of alkyl halides is 4. The topological polar surface area (TPSA) is 37.3 Å². The van der Waals surface area contributed by atoms with Crippen LogP contribution in [-0.2, 0) is 4.79 Å². The highest BCUT2D eigenvalue weighted by Gasteiger charge is 2.73. The lowest BCUT2D eigenvalue weighted by molar-refractivity contribution is -0.322. The molecule has 0 aliphatic heterocycles. The van der Waals surface area contributed by atoms with Gasteiger partial charge in [0.25, 0.3) is 0 Å². The molecule has 0 aromatic rings. The van der Waals surface area contributed by atoms with Crippen molar-refractivity contribution in [3.63, 3.8) is 0 Å². The highest BCUT2D eigenvalue weighted by atomic mass is 19.3. The Morgan fingerprint density at radius 1 is 1.46 bits per heavy atom. The second-order valence-corrected chi connectivity index (χ2v) is 3.26. The predicted molar refractivity (Wildman–Crippen MR) is 34.8 cm³/mol. The smallest absolute Gasteiger partial charge is 0.314 e. The molecule has 1 aliphatic rings. The van der Waals surface area contributed by atoms with Gasteiger partial charge in [-0.15, -0.1) is 0 Å². The Balaban J connectivity index is 2.74. The number of halogens is 4. The summed E-state index contributed by atoms with van der Waals surface area (Å²) in [5.41, 5.74) is 0. The lowest BCUT2D eigenvalue weighted by atomic mass is 9.70. The molecule has 1 aliphatic carbocycles. The van der Waals surface area contributed by atoms with Crippen LogP contribution in [0.25, 0.3) is 0 Å². The maximum absolute atomic E-state index is 12.6. The van der Waals surface area contributed by atoms with E-state index in [0.29, 0.717) is 0 Å². The van der Waals surface area contributed by atoms with Crippen LogP contribution in [0.5, 0.6) is 0 Å². The van der Waals surface area contributed by atoms with Crippen LogP contribution in [0.1, 0.15) is 13.3 Å². The van der Waals surface area contributed by atoms with Crippen LogP contribution < -0.4 is 0 Å². The number of carboxylic acids is 1. The van der Waals surface area contributed by atoms with Crippen molar-refractivity contribution < 1.29 is 27.5 Å². The summed E-state index contributed by atoms with van der Waals surface area (Å²) in [6, 6.07) is 0. The molecule has 0 amide bonds. The van der Waals surface area contributed by atoms with E-state index in [1.807, 2.05) is 0 Å². The fourth-order valence-corrected chi connectivity index (χ4v) is 1.34. The van der Waals surface area contributed by atoms with E-state index >= 15 is 0 Å². The van der Waals surface area contributed by atoms with Crippen molar-refractivity contribution in [3.8, 4) is 0 Å². The zero-order chi connectivity index (χ0) is 10.4. The van der Waals surface area contributed by atoms with E-state index < -0.39 is 36.1 Å². The Kier molecular flexibility index (Phi) is 2.04. The monoisotopic (exact) mass is 200 g/mol. The van der Waals surface area contributed by atoms with Crippen LogP contribution in [-0.4, -0.2) is 22.9 Å². The second-order valence-electron chi connectivity index (χ2n) is 3.26. The average molecular weight is 200 g/mol. The molecule has 1 fully saturated rings. The van der Waals surface area contributed by atoms with E-state index in [9.17, 15) is 22.4 Å². The Hall–Kier alpha value is -0.810. The summed E-state index contributed by atoms with van der Waals surface area (Å²) in [6.45, 7) is 1.01. The van der Waals surface area contributed by atoms with Crippen molar-refractivity contribution >= 4 is 5.97 Å². The van der Waals surface area contributed by atoms with Crippen molar-refractivity contribution in [1.29, 1.82) is 0 Å². The minimum Gasteiger partial charge on any atom is -0.481 e. The van der Waals surface area contributed by atoms with Gasteiger partial charge < -0.3 is 5.11 Å². The van der Waals surface area contributed by atoms with Gasteiger partial charge in [0.05, 0.1) is 5.92 Å². The fourth-order valence-electron chi connectivity index (χ4n) is 1.34. The molecule has 0 saturated heterocycles. The summed E-state index contributed by atoms with van der Waals surface area (Å²) >= 11 is 0. The molecular weight excluding hydrogens is 192 g/mol. The van der Waals surface area contributed by atoms with E-state index in [1.54, 1.807) is 0 Å². The van der Waals surface area contributed by atoms with E-state index in [1.165, 1.54) is 0 Å². The molecule has 0 spiro atoms. The van der Waals surface area contributed by atoms with Gasteiger partial charge in [0, 0.05) is 12.3 Å². The van der Waals surface area contributed by atoms with Crippen LogP contribution in [0, 0.1) is 11.8 Å². The van der Waals surface area contributed by atoms with Gasteiger partial charge in [-0.1, -0.05) is 6.92 Å². The molecule has 0 radical (unpaired) electrons. The Bertz CT molecular complexity index is 239. The molecule has 1 saturated carbocycles. The molecule has 1 N–H and O–H groups in total. The van der Waals surface area contributed by atoms with Gasteiger partial charge >= 0.3 is 17.8 Å². The van der Waals surface area contributed by atoms with Gasteiger partial charge in [-0.05, 0) is 0 Å². The second kappa shape index (κ2) is 2.59. The van der Waals surface area contributed by atoms with E-state index in [4.69, 9.17) is 5.11 Å². The molecule has 6 heteroatoms. The van der Waals surface area contributed by atoms with Gasteiger partial charge in [-0.2, -0.15) is 17.6 Å². The van der Waals surface area contributed by atoms with Crippen LogP contribution >= 0.6 is 0 Å². The largest absolute Gasteiger partial charge is 0.481 e. The Morgan fingerprint density at radius 2 is 1.92 bits per heavy atom. The Labute approximate surface area is 71.5 Å². The van der Waals surface area contributed by atoms with Crippen LogP contribution in [0.15, 0.2) is 0 Å². The van der Waals surface area contributed by atoms with Crippen molar-refractivity contribution in [3.05, 3.63) is 0 Å². The first-order valence-electron chi connectivity index (χ1n) is 3.68. The predicted octanol–water partition coefficient (Wildman–Crippen LogP) is 2.00. The van der Waals surface area contributed by atoms with Crippen LogP contribution in [0.2, 0.25) is 0 Å². The summed E-state index contributed by atoms with van der Waals surface area (Å²) in [5.74, 6) is -12.9. The fraction of sp³-hybridized carbons (Fsp3) is 0.857. The SMILES string of the molecule is C[C@H](C(=O)O)C1CC(F)(F)C1(F)F. The lowest BCUT2D eigenvalue weighted by Gasteiger charge is -2.45. The normalized spacial score (nSPS) is 31.9. The zero-order valence-corrected chi connectivity index (χ0v) is 6.73. The molecule has 1 unspecified atom stereocenters. The summed E-state index contributed by atoms with van der Waals surface area (Å²) in [6.07, 6.45) is -1.05. The third-order valence-corrected chi connectivity index (χ3v) is 2.42. The minimum atomic E-state index is -4.18. The van der Waals surface area contributed by atoms with Crippen molar-refractivity contribution in [1.82, 2.24) is 0 Å². The number of aliphatic carboxylic acids is 1. The van der Waals surface area contributed by atoms with Gasteiger partial charge in [-0.25, -0.2) is 0 Å². The number of hydrogen-bond acceptors (Lipinski definition) is 1. The van der Waals surface area contributed by atoms with Gasteiger partial charge in [-0.3, -0.25) is 4.79 Å². The molecule has 1 rings (SSSR count). The zero-order valence-electron chi connectivity index (χ0n) is 6.73. The first-order chi connectivity index (χ1) is 5.70. The van der Waals surface area contributed by atoms with Gasteiger partial charge in [0.2, 0.25) is 0 Å². The number of rotatable bonds is 2. The van der Waals surface area contributed by atoms with Crippen LogP contribution in [0.3, 0.4) is 0 Å². The summed E-state index contributed by atoms with van der Waals surface area (Å²) in [7, 11) is 0. The quantitative estimate of drug-likeness (QED) is 0.692. The van der Waals surface area contributed by atoms with Crippen molar-refractivity contribution in [2.75, 3.05) is 0 Å². The molecule has 0 aromatic heterocycles. The summed E-state index contributed by atoms with van der Waals surface area (Å²) < 4.78 is 49.6. The van der Waals surface area contributed by atoms with E-state index in [2.05, 4.69) is 0 Å². The molecule has 76 valence electrons. The summed E-state index contributed by atoms with van der Waals surface area (Å²) in [4.78, 5) is 10.3. The third-order valence-electron chi connectivity index (χ3n) is 2.42. The van der Waals surface area contributed by atoms with E-state index in [0.717, 1.165) is 6.92 Å². The molecule has 0 heterocycles. The number of carboxylic acid groups (broad SMARTS) is 1. The van der Waals surface area contributed by atoms with Crippen molar-refractivity contribution in [2.24, 2.45) is 11.8 Å². The highest BCUT2D eigenvalue weighted by Crippen LogP contribution is 2.57. The van der Waals surface area contributed by atoms with E-state index in [-0.39, 0.29) is 0 Å². The van der Waals surface area contributed by atoms with Gasteiger partial charge in [0.15, 0.2) is 0 Å². The van der Waals surface area contributed by atoms with Gasteiger partial charge in [0.1, 0.15) is 0 Å². The third kappa shape index (κ3) is 1.28. The number of carbonyl (C=O) groups is 1. The maximum Gasteiger partial charge on any atom is 0.314 e. The lowest BCUT2D eigenvalue weighted by Crippen LogP contribution is -2.61. The maximum atomic E-state index is 12.6. The summed E-state index contributed by atoms with van der Waals surface area (Å²) in [5, 5.41) is 8.34. The molecule has 2 atom stereocenters. The molecule has 2 nitrogen and oxygen atoms in total. The van der Waals surface area contributed by atoms with Crippen molar-refractivity contribution in [2.45, 2.75) is 25.2 Å². The first kappa shape index (κ1) is 10.3. The first-order valence-corrected chi connectivity index (χ1v) is 3.68. The minimum absolute atomic E-state index is 1.01.